The molecule has 0 radical (unpaired) electrons. The van der Waals surface area contributed by atoms with Gasteiger partial charge in [-0.1, -0.05) is 12.6 Å². The van der Waals surface area contributed by atoms with Gasteiger partial charge in [0.15, 0.2) is 0 Å². The molecule has 0 bridgehead atoms. The molecule has 0 saturated carbocycles. The van der Waals surface area contributed by atoms with E-state index in [1.165, 1.54) is 0 Å². The molecule has 70 valence electrons. The lowest BCUT2D eigenvalue weighted by atomic mass is 9.98. The van der Waals surface area contributed by atoms with E-state index in [9.17, 15) is 4.79 Å². The molecule has 1 aliphatic heterocycles. The van der Waals surface area contributed by atoms with Crippen LogP contribution in [0.4, 0.5) is 0 Å². The van der Waals surface area contributed by atoms with E-state index < -0.39 is 0 Å². The molecule has 2 nitrogen and oxygen atoms in total. The minimum atomic E-state index is -0.358. The van der Waals surface area contributed by atoms with Gasteiger partial charge in [0.05, 0.1) is 0 Å². The van der Waals surface area contributed by atoms with Gasteiger partial charge in [-0.2, -0.15) is 0 Å². The monoisotopic (exact) mass is 186 g/mol. The zero-order valence-electron chi connectivity index (χ0n) is 8.18. The number of carbonyl (C=O) groups excluding carboxylic acids is 1. The van der Waals surface area contributed by atoms with Crippen molar-refractivity contribution in [2.45, 2.75) is 13.8 Å². The van der Waals surface area contributed by atoms with E-state index in [0.29, 0.717) is 11.3 Å². The van der Waals surface area contributed by atoms with Gasteiger partial charge < -0.3 is 4.74 Å². The van der Waals surface area contributed by atoms with Crippen LogP contribution in [-0.2, 0) is 4.79 Å². The molecule has 0 unspecified atom stereocenters. The summed E-state index contributed by atoms with van der Waals surface area (Å²) in [7, 11) is 0. The normalized spacial score (nSPS) is 13.6. The summed E-state index contributed by atoms with van der Waals surface area (Å²) in [5.74, 6) is 0.257. The maximum Gasteiger partial charge on any atom is 0.352 e. The Balaban J connectivity index is 2.80. The van der Waals surface area contributed by atoms with Gasteiger partial charge in [0.25, 0.3) is 0 Å². The van der Waals surface area contributed by atoms with E-state index >= 15 is 0 Å². The maximum absolute atomic E-state index is 11.4. The van der Waals surface area contributed by atoms with Crippen LogP contribution >= 0.6 is 0 Å². The van der Waals surface area contributed by atoms with Gasteiger partial charge in [-0.3, -0.25) is 0 Å². The third-order valence-corrected chi connectivity index (χ3v) is 2.53. The van der Waals surface area contributed by atoms with Crippen molar-refractivity contribution < 1.29 is 9.53 Å². The first kappa shape index (κ1) is 8.79. The second-order valence-corrected chi connectivity index (χ2v) is 3.32. The van der Waals surface area contributed by atoms with E-state index in [1.807, 2.05) is 19.9 Å². The van der Waals surface area contributed by atoms with E-state index in [0.717, 1.165) is 16.7 Å². The molecule has 14 heavy (non-hydrogen) atoms. The minimum absolute atomic E-state index is 0.358. The fourth-order valence-corrected chi connectivity index (χ4v) is 1.60. The molecule has 1 aliphatic rings. The number of carbonyl (C=O) groups is 1. The first-order valence-corrected chi connectivity index (χ1v) is 4.38. The van der Waals surface area contributed by atoms with Crippen LogP contribution in [-0.4, -0.2) is 5.97 Å². The average molecular weight is 186 g/mol. The summed E-state index contributed by atoms with van der Waals surface area (Å²) in [5.41, 5.74) is 6.10. The summed E-state index contributed by atoms with van der Waals surface area (Å²) >= 11 is 0. The van der Waals surface area contributed by atoms with Crippen molar-refractivity contribution in [1.82, 2.24) is 0 Å². The Hall–Kier alpha value is -1.79. The number of benzene rings is 1. The lowest BCUT2D eigenvalue weighted by Crippen LogP contribution is -1.99. The van der Waals surface area contributed by atoms with Crippen LogP contribution < -0.4 is 4.74 Å². The number of rotatable bonds is 0. The van der Waals surface area contributed by atoms with E-state index in [4.69, 9.17) is 4.74 Å². The molecule has 0 aliphatic carbocycles. The topological polar surface area (TPSA) is 26.3 Å². The number of esters is 1. The molecule has 0 fully saturated rings. The Labute approximate surface area is 82.5 Å². The molecule has 1 heterocycles. The zero-order chi connectivity index (χ0) is 10.3. The second kappa shape index (κ2) is 2.86. The van der Waals surface area contributed by atoms with Crippen LogP contribution in [0.5, 0.6) is 5.75 Å². The summed E-state index contributed by atoms with van der Waals surface area (Å²) in [6.07, 6.45) is 0. The van der Waals surface area contributed by atoms with Crippen LogP contribution in [0.25, 0.3) is 5.57 Å². The summed E-state index contributed by atoms with van der Waals surface area (Å²) in [5, 5.41) is 0. The molecule has 0 amide bonds. The number of hydrogen-bond acceptors (Lipinski definition) is 2. The first-order valence-electron chi connectivity index (χ1n) is 4.38. The van der Waals surface area contributed by atoms with Gasteiger partial charge in [0.2, 0.25) is 0 Å². The first-order chi connectivity index (χ1) is 6.65. The summed E-state index contributed by atoms with van der Waals surface area (Å²) in [6, 6.07) is 3.74. The maximum atomic E-state index is 11.4. The van der Waals surface area contributed by atoms with Crippen molar-refractivity contribution in [3.8, 4) is 5.75 Å². The Morgan fingerprint density at radius 3 is 2.71 bits per heavy atom. The Morgan fingerprint density at radius 1 is 1.36 bits per heavy atom. The largest absolute Gasteiger partial charge is 0.422 e. The van der Waals surface area contributed by atoms with Gasteiger partial charge >= 0.3 is 5.97 Å². The molecule has 0 saturated heterocycles. The third-order valence-electron chi connectivity index (χ3n) is 2.53. The number of ether oxygens (including phenoxy) is 1. The van der Waals surface area contributed by atoms with Crippen molar-refractivity contribution >= 4 is 11.5 Å². The van der Waals surface area contributed by atoms with Crippen LogP contribution in [0, 0.1) is 13.8 Å². The predicted octanol–water partition coefficient (Wildman–Crippen LogP) is 2.39. The lowest BCUT2D eigenvalue weighted by molar-refractivity contribution is -0.126. The Kier molecular flexibility index (Phi) is 1.80. The van der Waals surface area contributed by atoms with Gasteiger partial charge in [-0.25, -0.2) is 4.79 Å². The summed E-state index contributed by atoms with van der Waals surface area (Å²) in [6.45, 7) is 7.46. The number of fused-ring (bicyclic) bond motifs is 1. The molecule has 2 heteroatoms. The van der Waals surface area contributed by atoms with Gasteiger partial charge in [0.1, 0.15) is 11.3 Å². The number of hydrogen-bond donors (Lipinski definition) is 0. The standard InChI is InChI=1S/C12H10O2/c1-4-9-11-8(3)7(2)5-6-10(11)14-12(9)13/h5-6H,1H2,2-3H3. The lowest BCUT2D eigenvalue weighted by Gasteiger charge is -2.03. The summed E-state index contributed by atoms with van der Waals surface area (Å²) < 4.78 is 5.07. The fraction of sp³-hybridized carbons (Fsp3) is 0.167. The average Bonchev–Trinajstić information content (AvgIpc) is 2.48. The zero-order valence-corrected chi connectivity index (χ0v) is 8.18. The Bertz CT molecular complexity index is 477. The molecule has 2 rings (SSSR count). The van der Waals surface area contributed by atoms with Crippen LogP contribution in [0.2, 0.25) is 0 Å². The van der Waals surface area contributed by atoms with E-state index in [-0.39, 0.29) is 5.97 Å². The molecular weight excluding hydrogens is 176 g/mol. The second-order valence-electron chi connectivity index (χ2n) is 3.32. The molecule has 0 N–H and O–H groups in total. The highest BCUT2D eigenvalue weighted by Gasteiger charge is 2.28. The molecule has 0 aromatic heterocycles. The highest BCUT2D eigenvalue weighted by molar-refractivity contribution is 6.21. The van der Waals surface area contributed by atoms with Crippen molar-refractivity contribution in [2.75, 3.05) is 0 Å². The van der Waals surface area contributed by atoms with E-state index in [1.54, 1.807) is 6.07 Å². The Morgan fingerprint density at radius 2 is 2.07 bits per heavy atom. The van der Waals surface area contributed by atoms with Crippen LogP contribution in [0.15, 0.2) is 24.4 Å². The fourth-order valence-electron chi connectivity index (χ4n) is 1.60. The molecule has 1 aromatic rings. The van der Waals surface area contributed by atoms with Gasteiger partial charge in [0, 0.05) is 5.56 Å². The van der Waals surface area contributed by atoms with E-state index in [2.05, 4.69) is 12.3 Å². The molecule has 0 spiro atoms. The molecule has 0 atom stereocenters. The summed E-state index contributed by atoms with van der Waals surface area (Å²) in [4.78, 5) is 11.4. The van der Waals surface area contributed by atoms with Crippen molar-refractivity contribution in [2.24, 2.45) is 0 Å². The van der Waals surface area contributed by atoms with Crippen LogP contribution in [0.1, 0.15) is 16.7 Å². The predicted molar refractivity (Wildman–Crippen MR) is 54.1 cm³/mol. The minimum Gasteiger partial charge on any atom is -0.422 e. The van der Waals surface area contributed by atoms with Crippen molar-refractivity contribution in [3.05, 3.63) is 41.1 Å². The number of aryl methyl sites for hydroxylation is 1. The molecule has 1 aromatic carbocycles. The van der Waals surface area contributed by atoms with Crippen molar-refractivity contribution in [3.63, 3.8) is 0 Å². The highest BCUT2D eigenvalue weighted by atomic mass is 16.5. The highest BCUT2D eigenvalue weighted by Crippen LogP contribution is 2.36. The van der Waals surface area contributed by atoms with Crippen LogP contribution in [0.3, 0.4) is 0 Å². The quantitative estimate of drug-likeness (QED) is 0.269. The smallest absolute Gasteiger partial charge is 0.352 e. The van der Waals surface area contributed by atoms with Gasteiger partial charge in [-0.15, -0.1) is 5.73 Å². The third kappa shape index (κ3) is 1.02. The molecular formula is C12H10O2. The van der Waals surface area contributed by atoms with Gasteiger partial charge in [-0.05, 0) is 31.0 Å². The van der Waals surface area contributed by atoms with Crippen molar-refractivity contribution in [1.29, 1.82) is 0 Å². The SMILES string of the molecule is C=C=C1C(=O)Oc2ccc(C)c(C)c21.